The lowest BCUT2D eigenvalue weighted by Gasteiger charge is -2.28. The van der Waals surface area contributed by atoms with Crippen molar-refractivity contribution in [1.82, 2.24) is 5.32 Å². The first-order valence-corrected chi connectivity index (χ1v) is 10.9. The second-order valence-corrected chi connectivity index (χ2v) is 8.54. The second kappa shape index (κ2) is 10.0. The number of benzene rings is 2. The molecule has 1 aliphatic heterocycles. The van der Waals surface area contributed by atoms with Crippen molar-refractivity contribution in [3.05, 3.63) is 59.7 Å². The average Bonchev–Trinajstić information content (AvgIpc) is 2.72. The van der Waals surface area contributed by atoms with Gasteiger partial charge in [0.15, 0.2) is 0 Å². The number of methoxy groups -OCH3 is 1. The molecule has 3 rings (SSSR count). The number of carbonyl (C=O) groups is 1. The zero-order valence-corrected chi connectivity index (χ0v) is 17.7. The number of aryl methyl sites for hydroxylation is 1. The molecule has 1 amide bonds. The number of β-lactam (4-membered cyclic amide) rings is 1. The van der Waals surface area contributed by atoms with Crippen LogP contribution in [0.4, 0.5) is 0 Å². The van der Waals surface area contributed by atoms with Gasteiger partial charge in [0.05, 0.1) is 38.2 Å². The molecule has 9 heteroatoms. The first-order chi connectivity index (χ1) is 14.4. The van der Waals surface area contributed by atoms with E-state index in [9.17, 15) is 13.2 Å². The van der Waals surface area contributed by atoms with Crippen molar-refractivity contribution in [3.8, 4) is 5.75 Å². The molecule has 2 aromatic rings. The van der Waals surface area contributed by atoms with Crippen molar-refractivity contribution in [2.45, 2.75) is 37.2 Å². The number of ether oxygens (including phenoxy) is 3. The van der Waals surface area contributed by atoms with Crippen LogP contribution in [0.1, 0.15) is 17.5 Å². The minimum atomic E-state index is -3.92. The third-order valence-corrected chi connectivity index (χ3v) is 5.84. The van der Waals surface area contributed by atoms with Gasteiger partial charge in [-0.1, -0.05) is 29.8 Å². The number of hydrogen-bond donors (Lipinski definition) is 1. The maximum absolute atomic E-state index is 12.5. The highest BCUT2D eigenvalue weighted by molar-refractivity contribution is 7.86. The van der Waals surface area contributed by atoms with Gasteiger partial charge in [-0.05, 0) is 36.8 Å². The monoisotopic (exact) mass is 435 g/mol. The highest BCUT2D eigenvalue weighted by atomic mass is 32.2. The molecule has 2 aromatic carbocycles. The molecule has 0 radical (unpaired) electrons. The fourth-order valence-electron chi connectivity index (χ4n) is 2.67. The highest BCUT2D eigenvalue weighted by Crippen LogP contribution is 2.16. The minimum absolute atomic E-state index is 0.0739. The van der Waals surface area contributed by atoms with Crippen LogP contribution in [-0.4, -0.2) is 47.0 Å². The predicted octanol–water partition coefficient (Wildman–Crippen LogP) is 2.16. The molecule has 1 fully saturated rings. The fourth-order valence-corrected chi connectivity index (χ4v) is 3.61. The lowest BCUT2D eigenvalue weighted by molar-refractivity contribution is -0.146. The topological polar surface area (TPSA) is 100 Å². The third-order valence-electron chi connectivity index (χ3n) is 4.54. The van der Waals surface area contributed by atoms with Crippen molar-refractivity contribution in [2.24, 2.45) is 0 Å². The van der Waals surface area contributed by atoms with E-state index in [1.165, 1.54) is 12.1 Å². The van der Waals surface area contributed by atoms with Gasteiger partial charge in [0, 0.05) is 0 Å². The Bertz CT molecular complexity index is 934. The molecule has 0 aromatic heterocycles. The van der Waals surface area contributed by atoms with Crippen LogP contribution in [-0.2, 0) is 35.2 Å². The molecule has 8 nitrogen and oxygen atoms in total. The lowest BCUT2D eigenvalue weighted by atomic mass is 10.2. The van der Waals surface area contributed by atoms with E-state index in [4.69, 9.17) is 18.4 Å². The van der Waals surface area contributed by atoms with Crippen LogP contribution in [0, 0.1) is 6.92 Å². The molecule has 0 aliphatic carbocycles. The SMILES string of the molecule is COc1ccc(CO[C@@H](CO[C@H]2CC(=O)N2)COS(=O)(=O)c2ccc(C)cc2)cc1. The summed E-state index contributed by atoms with van der Waals surface area (Å²) >= 11 is 0. The zero-order chi connectivity index (χ0) is 21.6. The minimum Gasteiger partial charge on any atom is -0.497 e. The summed E-state index contributed by atoms with van der Waals surface area (Å²) in [7, 11) is -2.34. The van der Waals surface area contributed by atoms with Gasteiger partial charge in [-0.25, -0.2) is 0 Å². The Hall–Kier alpha value is -2.46. The maximum atomic E-state index is 12.5. The summed E-state index contributed by atoms with van der Waals surface area (Å²) in [6, 6.07) is 13.7. The summed E-state index contributed by atoms with van der Waals surface area (Å²) in [5.41, 5.74) is 1.84. The Kier molecular flexibility index (Phi) is 7.43. The smallest absolute Gasteiger partial charge is 0.297 e. The molecule has 1 saturated heterocycles. The van der Waals surface area contributed by atoms with Crippen molar-refractivity contribution in [2.75, 3.05) is 20.3 Å². The second-order valence-electron chi connectivity index (χ2n) is 6.93. The number of nitrogens with one attached hydrogen (secondary N) is 1. The van der Waals surface area contributed by atoms with Crippen LogP contribution in [0.15, 0.2) is 53.4 Å². The Morgan fingerprint density at radius 1 is 1.07 bits per heavy atom. The summed E-state index contributed by atoms with van der Waals surface area (Å²) in [5, 5.41) is 2.60. The van der Waals surface area contributed by atoms with Crippen LogP contribution < -0.4 is 10.1 Å². The van der Waals surface area contributed by atoms with Gasteiger partial charge < -0.3 is 19.5 Å². The van der Waals surface area contributed by atoms with Gasteiger partial charge >= 0.3 is 0 Å². The van der Waals surface area contributed by atoms with Crippen molar-refractivity contribution in [1.29, 1.82) is 0 Å². The summed E-state index contributed by atoms with van der Waals surface area (Å²) in [4.78, 5) is 11.1. The molecule has 1 aliphatic rings. The van der Waals surface area contributed by atoms with Gasteiger partial charge in [0.25, 0.3) is 10.1 Å². The Morgan fingerprint density at radius 3 is 2.33 bits per heavy atom. The van der Waals surface area contributed by atoms with Gasteiger partial charge in [0.2, 0.25) is 5.91 Å². The van der Waals surface area contributed by atoms with E-state index in [1.807, 2.05) is 31.2 Å². The number of amides is 1. The predicted molar refractivity (Wildman–Crippen MR) is 108 cm³/mol. The Balaban J connectivity index is 1.59. The van der Waals surface area contributed by atoms with Crippen LogP contribution in [0.2, 0.25) is 0 Å². The molecular weight excluding hydrogens is 410 g/mol. The van der Waals surface area contributed by atoms with Gasteiger partial charge in [-0.2, -0.15) is 8.42 Å². The van der Waals surface area contributed by atoms with E-state index in [0.29, 0.717) is 0 Å². The van der Waals surface area contributed by atoms with E-state index in [2.05, 4.69) is 5.32 Å². The molecule has 0 unspecified atom stereocenters. The van der Waals surface area contributed by atoms with Crippen molar-refractivity contribution >= 4 is 16.0 Å². The first-order valence-electron chi connectivity index (χ1n) is 9.47. The quantitative estimate of drug-likeness (QED) is 0.426. The Morgan fingerprint density at radius 2 is 1.73 bits per heavy atom. The largest absolute Gasteiger partial charge is 0.497 e. The molecule has 162 valence electrons. The van der Waals surface area contributed by atoms with Gasteiger partial charge in [0.1, 0.15) is 18.1 Å². The third kappa shape index (κ3) is 6.27. The van der Waals surface area contributed by atoms with Gasteiger partial charge in [-0.15, -0.1) is 0 Å². The van der Waals surface area contributed by atoms with Crippen LogP contribution in [0.3, 0.4) is 0 Å². The normalized spacial score (nSPS) is 17.1. The van der Waals surface area contributed by atoms with E-state index in [1.54, 1.807) is 19.2 Å². The molecule has 0 spiro atoms. The summed E-state index contributed by atoms with van der Waals surface area (Å²) in [6.45, 7) is 1.97. The summed E-state index contributed by atoms with van der Waals surface area (Å²) in [6.07, 6.45) is -0.767. The molecule has 1 heterocycles. The van der Waals surface area contributed by atoms with E-state index in [-0.39, 0.29) is 37.0 Å². The highest BCUT2D eigenvalue weighted by Gasteiger charge is 2.27. The molecular formula is C21H25NO7S. The number of hydrogen-bond acceptors (Lipinski definition) is 7. The Labute approximate surface area is 176 Å². The zero-order valence-electron chi connectivity index (χ0n) is 16.9. The van der Waals surface area contributed by atoms with Gasteiger partial charge in [-0.3, -0.25) is 8.98 Å². The summed E-state index contributed by atoms with van der Waals surface area (Å²) in [5.74, 6) is 0.640. The van der Waals surface area contributed by atoms with Crippen LogP contribution in [0.25, 0.3) is 0 Å². The molecule has 2 atom stereocenters. The molecule has 30 heavy (non-hydrogen) atoms. The lowest BCUT2D eigenvalue weighted by Crippen LogP contribution is -2.51. The van der Waals surface area contributed by atoms with Crippen molar-refractivity contribution < 1.29 is 31.6 Å². The standard InChI is InChI=1S/C21H25NO7S/c1-15-3-9-19(10-4-15)30(24,25)29-14-18(13-28-21-11-20(23)22-21)27-12-16-5-7-17(26-2)8-6-16/h3-10,18,21H,11-14H2,1-2H3,(H,22,23)/t18-,21-/m0/s1. The molecule has 0 saturated carbocycles. The van der Waals surface area contributed by atoms with E-state index < -0.39 is 22.4 Å². The van der Waals surface area contributed by atoms with E-state index in [0.717, 1.165) is 16.9 Å². The molecule has 0 bridgehead atoms. The number of rotatable bonds is 11. The van der Waals surface area contributed by atoms with Crippen molar-refractivity contribution in [3.63, 3.8) is 0 Å². The first kappa shape index (κ1) is 22.2. The molecule has 1 N–H and O–H groups in total. The summed E-state index contributed by atoms with van der Waals surface area (Å²) < 4.78 is 46.6. The fraction of sp³-hybridized carbons (Fsp3) is 0.381. The van der Waals surface area contributed by atoms with Crippen LogP contribution in [0.5, 0.6) is 5.75 Å². The van der Waals surface area contributed by atoms with Crippen LogP contribution >= 0.6 is 0 Å². The average molecular weight is 435 g/mol. The maximum Gasteiger partial charge on any atom is 0.297 e. The number of carbonyl (C=O) groups excluding carboxylic acids is 1. The van der Waals surface area contributed by atoms with E-state index >= 15 is 0 Å².